The molecule has 3 rings (SSSR count). The maximum atomic E-state index is 13.9. The Bertz CT molecular complexity index is 935. The van der Waals surface area contributed by atoms with Gasteiger partial charge in [0.15, 0.2) is 11.5 Å². The molecule has 28 heavy (non-hydrogen) atoms. The zero-order valence-corrected chi connectivity index (χ0v) is 16.1. The van der Waals surface area contributed by atoms with E-state index in [0.717, 1.165) is 25.2 Å². The number of aromatic nitrogens is 1. The molecule has 2 aromatic carbocycles. The molecule has 0 saturated carbocycles. The van der Waals surface area contributed by atoms with Crippen molar-refractivity contribution >= 4 is 5.91 Å². The Morgan fingerprint density at radius 1 is 1.07 bits per heavy atom. The standard InChI is InChI=1S/C22H24FN3O2/c1-3-26(4-2)15-17-10-6-5-9-16(17)14-24-22(27)20-13-21(28-25-20)18-11-7-8-12-19(18)23/h5-13H,3-4,14-15H2,1-2H3,(H,24,27). The topological polar surface area (TPSA) is 58.4 Å². The van der Waals surface area contributed by atoms with Crippen molar-refractivity contribution in [1.29, 1.82) is 0 Å². The number of rotatable bonds is 8. The van der Waals surface area contributed by atoms with E-state index in [9.17, 15) is 9.18 Å². The fourth-order valence-corrected chi connectivity index (χ4v) is 3.01. The summed E-state index contributed by atoms with van der Waals surface area (Å²) < 4.78 is 19.0. The monoisotopic (exact) mass is 381 g/mol. The predicted octanol–water partition coefficient (Wildman–Crippen LogP) is 4.25. The van der Waals surface area contributed by atoms with E-state index >= 15 is 0 Å². The average Bonchev–Trinajstić information content (AvgIpc) is 3.21. The first-order valence-corrected chi connectivity index (χ1v) is 9.41. The number of nitrogens with one attached hydrogen (secondary N) is 1. The van der Waals surface area contributed by atoms with Crippen LogP contribution in [0.1, 0.15) is 35.5 Å². The summed E-state index contributed by atoms with van der Waals surface area (Å²) in [6.07, 6.45) is 0. The molecular weight excluding hydrogens is 357 g/mol. The summed E-state index contributed by atoms with van der Waals surface area (Å²) >= 11 is 0. The van der Waals surface area contributed by atoms with Crippen molar-refractivity contribution in [3.8, 4) is 11.3 Å². The lowest BCUT2D eigenvalue weighted by Crippen LogP contribution is -2.26. The van der Waals surface area contributed by atoms with Gasteiger partial charge < -0.3 is 9.84 Å². The quantitative estimate of drug-likeness (QED) is 0.634. The molecule has 0 aliphatic rings. The highest BCUT2D eigenvalue weighted by Gasteiger charge is 2.16. The van der Waals surface area contributed by atoms with Gasteiger partial charge in [-0.3, -0.25) is 9.69 Å². The van der Waals surface area contributed by atoms with Crippen LogP contribution in [0.3, 0.4) is 0 Å². The van der Waals surface area contributed by atoms with Crippen LogP contribution >= 0.6 is 0 Å². The second-order valence-electron chi connectivity index (χ2n) is 6.47. The minimum Gasteiger partial charge on any atom is -0.355 e. The second kappa shape index (κ2) is 9.28. The van der Waals surface area contributed by atoms with E-state index in [1.54, 1.807) is 18.2 Å². The lowest BCUT2D eigenvalue weighted by Gasteiger charge is -2.20. The third-order valence-corrected chi connectivity index (χ3v) is 4.73. The second-order valence-corrected chi connectivity index (χ2v) is 6.47. The van der Waals surface area contributed by atoms with E-state index in [0.29, 0.717) is 6.54 Å². The van der Waals surface area contributed by atoms with E-state index in [1.807, 2.05) is 18.2 Å². The average molecular weight is 381 g/mol. The first-order valence-electron chi connectivity index (χ1n) is 9.41. The van der Waals surface area contributed by atoms with Gasteiger partial charge in [0, 0.05) is 19.2 Å². The molecule has 0 spiro atoms. The van der Waals surface area contributed by atoms with Crippen molar-refractivity contribution in [3.05, 3.63) is 77.2 Å². The number of carbonyl (C=O) groups is 1. The highest BCUT2D eigenvalue weighted by molar-refractivity contribution is 5.93. The summed E-state index contributed by atoms with van der Waals surface area (Å²) in [5.41, 5.74) is 2.64. The molecule has 1 heterocycles. The highest BCUT2D eigenvalue weighted by Crippen LogP contribution is 2.23. The molecule has 0 saturated heterocycles. The number of hydrogen-bond donors (Lipinski definition) is 1. The van der Waals surface area contributed by atoms with E-state index in [1.165, 1.54) is 17.7 Å². The zero-order chi connectivity index (χ0) is 19.9. The Morgan fingerprint density at radius 2 is 1.75 bits per heavy atom. The van der Waals surface area contributed by atoms with Crippen LogP contribution in [0.5, 0.6) is 0 Å². The molecule has 0 aliphatic carbocycles. The highest BCUT2D eigenvalue weighted by atomic mass is 19.1. The molecule has 5 nitrogen and oxygen atoms in total. The van der Waals surface area contributed by atoms with Gasteiger partial charge in [0.1, 0.15) is 5.82 Å². The van der Waals surface area contributed by atoms with Gasteiger partial charge in [-0.25, -0.2) is 4.39 Å². The molecule has 146 valence electrons. The van der Waals surface area contributed by atoms with Crippen LogP contribution in [0.4, 0.5) is 4.39 Å². The molecule has 1 amide bonds. The van der Waals surface area contributed by atoms with E-state index in [-0.39, 0.29) is 22.9 Å². The number of halogens is 1. The third kappa shape index (κ3) is 4.64. The van der Waals surface area contributed by atoms with Gasteiger partial charge in [0.05, 0.1) is 5.56 Å². The zero-order valence-electron chi connectivity index (χ0n) is 16.1. The SMILES string of the molecule is CCN(CC)Cc1ccccc1CNC(=O)c1cc(-c2ccccc2F)on1. The summed E-state index contributed by atoms with van der Waals surface area (Å²) in [5, 5.41) is 6.65. The van der Waals surface area contributed by atoms with Gasteiger partial charge in [-0.2, -0.15) is 0 Å². The van der Waals surface area contributed by atoms with Gasteiger partial charge >= 0.3 is 0 Å². The Hall–Kier alpha value is -2.99. The Kier molecular flexibility index (Phi) is 6.55. The number of carbonyl (C=O) groups excluding carboxylic acids is 1. The lowest BCUT2D eigenvalue weighted by atomic mass is 10.1. The fourth-order valence-electron chi connectivity index (χ4n) is 3.01. The summed E-state index contributed by atoms with van der Waals surface area (Å²) in [4.78, 5) is 14.8. The van der Waals surface area contributed by atoms with Gasteiger partial charge in [0.25, 0.3) is 5.91 Å². The van der Waals surface area contributed by atoms with E-state index in [4.69, 9.17) is 4.52 Å². The lowest BCUT2D eigenvalue weighted by molar-refractivity contribution is 0.0941. The van der Waals surface area contributed by atoms with Crippen LogP contribution in [-0.4, -0.2) is 29.1 Å². The normalized spacial score (nSPS) is 11.0. The maximum Gasteiger partial charge on any atom is 0.273 e. The molecule has 6 heteroatoms. The minimum absolute atomic E-state index is 0.125. The summed E-state index contributed by atoms with van der Waals surface area (Å²) in [6.45, 7) is 7.42. The van der Waals surface area contributed by atoms with Crippen LogP contribution < -0.4 is 5.32 Å². The maximum absolute atomic E-state index is 13.9. The number of nitrogens with zero attached hydrogens (tertiary/aromatic N) is 2. The smallest absolute Gasteiger partial charge is 0.273 e. The third-order valence-electron chi connectivity index (χ3n) is 4.73. The van der Waals surface area contributed by atoms with Crippen molar-refractivity contribution < 1.29 is 13.7 Å². The molecule has 0 bridgehead atoms. The molecular formula is C22H24FN3O2. The van der Waals surface area contributed by atoms with Gasteiger partial charge in [-0.15, -0.1) is 0 Å². The molecule has 0 unspecified atom stereocenters. The van der Waals surface area contributed by atoms with Gasteiger partial charge in [0.2, 0.25) is 0 Å². The minimum atomic E-state index is -0.420. The molecule has 0 aliphatic heterocycles. The Morgan fingerprint density at radius 3 is 2.46 bits per heavy atom. The molecule has 0 atom stereocenters. The van der Waals surface area contributed by atoms with Crippen LogP contribution in [-0.2, 0) is 13.1 Å². The van der Waals surface area contributed by atoms with E-state index in [2.05, 4.69) is 35.3 Å². The Labute approximate surface area is 164 Å². The van der Waals surface area contributed by atoms with Gasteiger partial charge in [-0.1, -0.05) is 55.4 Å². The largest absolute Gasteiger partial charge is 0.355 e. The molecule has 1 N–H and O–H groups in total. The fraction of sp³-hybridized carbons (Fsp3) is 0.273. The molecule has 0 radical (unpaired) electrons. The van der Waals surface area contributed by atoms with Crippen LogP contribution in [0, 0.1) is 5.82 Å². The summed E-state index contributed by atoms with van der Waals surface area (Å²) in [5.74, 6) is -0.551. The first kappa shape index (κ1) is 19.8. The van der Waals surface area contributed by atoms with Crippen molar-refractivity contribution in [2.45, 2.75) is 26.9 Å². The van der Waals surface area contributed by atoms with Crippen LogP contribution in [0.25, 0.3) is 11.3 Å². The first-order chi connectivity index (χ1) is 13.6. The number of benzene rings is 2. The van der Waals surface area contributed by atoms with Gasteiger partial charge in [-0.05, 0) is 36.3 Å². The van der Waals surface area contributed by atoms with Crippen molar-refractivity contribution in [1.82, 2.24) is 15.4 Å². The van der Waals surface area contributed by atoms with Crippen LogP contribution in [0.2, 0.25) is 0 Å². The summed E-state index contributed by atoms with van der Waals surface area (Å²) in [6, 6.07) is 15.7. The summed E-state index contributed by atoms with van der Waals surface area (Å²) in [7, 11) is 0. The number of amides is 1. The predicted molar refractivity (Wildman–Crippen MR) is 106 cm³/mol. The number of hydrogen-bond acceptors (Lipinski definition) is 4. The Balaban J connectivity index is 1.68. The molecule has 1 aromatic heterocycles. The van der Waals surface area contributed by atoms with Crippen molar-refractivity contribution in [2.75, 3.05) is 13.1 Å². The van der Waals surface area contributed by atoms with Crippen molar-refractivity contribution in [2.24, 2.45) is 0 Å². The van der Waals surface area contributed by atoms with Crippen LogP contribution in [0.15, 0.2) is 59.1 Å². The molecule has 3 aromatic rings. The van der Waals surface area contributed by atoms with Crippen molar-refractivity contribution in [3.63, 3.8) is 0 Å². The van der Waals surface area contributed by atoms with E-state index < -0.39 is 5.82 Å². The molecule has 0 fully saturated rings.